The molecule has 0 unspecified atom stereocenters. The monoisotopic (exact) mass is 524 g/mol. The van der Waals surface area contributed by atoms with Gasteiger partial charge in [-0.2, -0.15) is 9.65 Å². The van der Waals surface area contributed by atoms with E-state index in [-0.39, 0.29) is 11.6 Å². The molecule has 6 nitrogen and oxygen atoms in total. The van der Waals surface area contributed by atoms with Gasteiger partial charge in [0.2, 0.25) is 5.82 Å². The number of rotatable bonds is 4. The molecule has 0 aliphatic heterocycles. The average molecular weight is 525 g/mol. The maximum Gasteiger partial charge on any atom is 0.203 e. The first kappa shape index (κ1) is 23.4. The molecule has 0 spiro atoms. The maximum atomic E-state index is 15.9. The Balaban J connectivity index is 1.60. The van der Waals surface area contributed by atoms with Gasteiger partial charge in [-0.15, -0.1) is 0 Å². The highest BCUT2D eigenvalue weighted by molar-refractivity contribution is 5.85. The molecule has 3 aromatic heterocycles. The SMILES string of the molecule is N#Cc1c(-n2c(-c3ccccc3)nc3ccccc32)nc(-n2c(-c3ccccc3)nc3ccccc32)c(F)c1F. The summed E-state index contributed by atoms with van der Waals surface area (Å²) in [5, 5.41) is 10.0. The van der Waals surface area contributed by atoms with Crippen molar-refractivity contribution in [3.05, 3.63) is 126 Å². The van der Waals surface area contributed by atoms with Crippen LogP contribution in [0.5, 0.6) is 0 Å². The summed E-state index contributed by atoms with van der Waals surface area (Å²) >= 11 is 0. The number of hydrogen-bond donors (Lipinski definition) is 0. The van der Waals surface area contributed by atoms with E-state index in [1.165, 1.54) is 4.57 Å². The lowest BCUT2D eigenvalue weighted by atomic mass is 10.2. The summed E-state index contributed by atoms with van der Waals surface area (Å²) in [6, 6.07) is 34.9. The molecule has 0 N–H and O–H groups in total. The normalized spacial score (nSPS) is 11.2. The molecule has 0 amide bonds. The minimum Gasteiger partial charge on any atom is -0.275 e. The Morgan fingerprint density at radius 3 is 1.48 bits per heavy atom. The van der Waals surface area contributed by atoms with Gasteiger partial charge >= 0.3 is 0 Å². The molecule has 0 radical (unpaired) electrons. The Bertz CT molecular complexity index is 2090. The Morgan fingerprint density at radius 1 is 0.525 bits per heavy atom. The minimum absolute atomic E-state index is 0.0688. The van der Waals surface area contributed by atoms with Gasteiger partial charge in [-0.3, -0.25) is 9.13 Å². The van der Waals surface area contributed by atoms with E-state index in [2.05, 4.69) is 4.98 Å². The van der Waals surface area contributed by atoms with Crippen LogP contribution in [0.4, 0.5) is 8.78 Å². The van der Waals surface area contributed by atoms with Crippen LogP contribution in [-0.4, -0.2) is 24.1 Å². The van der Waals surface area contributed by atoms with Crippen molar-refractivity contribution in [1.29, 1.82) is 5.26 Å². The zero-order chi connectivity index (χ0) is 27.2. The molecule has 4 aromatic carbocycles. The van der Waals surface area contributed by atoms with Crippen molar-refractivity contribution >= 4 is 22.1 Å². The Kier molecular flexibility index (Phi) is 5.42. The predicted octanol–water partition coefficient (Wildman–Crippen LogP) is 7.24. The van der Waals surface area contributed by atoms with E-state index in [1.807, 2.05) is 91.0 Å². The summed E-state index contributed by atoms with van der Waals surface area (Å²) in [7, 11) is 0. The van der Waals surface area contributed by atoms with Gasteiger partial charge in [0.15, 0.2) is 17.5 Å². The molecule has 8 heteroatoms. The van der Waals surface area contributed by atoms with Crippen LogP contribution in [0.15, 0.2) is 109 Å². The van der Waals surface area contributed by atoms with E-state index in [1.54, 1.807) is 28.8 Å². The molecular weight excluding hydrogens is 506 g/mol. The van der Waals surface area contributed by atoms with Gasteiger partial charge in [0.25, 0.3) is 0 Å². The van der Waals surface area contributed by atoms with Crippen LogP contribution in [0.3, 0.4) is 0 Å². The number of pyridine rings is 1. The molecule has 0 bridgehead atoms. The zero-order valence-electron chi connectivity index (χ0n) is 20.8. The number of imidazole rings is 2. The van der Waals surface area contributed by atoms with Gasteiger partial charge in [0, 0.05) is 11.1 Å². The van der Waals surface area contributed by atoms with Crippen molar-refractivity contribution < 1.29 is 8.78 Å². The number of benzene rings is 4. The highest BCUT2D eigenvalue weighted by atomic mass is 19.2. The van der Waals surface area contributed by atoms with E-state index in [0.717, 1.165) is 5.56 Å². The highest BCUT2D eigenvalue weighted by Gasteiger charge is 2.28. The number of aromatic nitrogens is 5. The number of hydrogen-bond acceptors (Lipinski definition) is 4. The van der Waals surface area contributed by atoms with Gasteiger partial charge in [-0.25, -0.2) is 19.3 Å². The molecule has 7 rings (SSSR count). The van der Waals surface area contributed by atoms with Crippen LogP contribution >= 0.6 is 0 Å². The van der Waals surface area contributed by atoms with Crippen molar-refractivity contribution in [1.82, 2.24) is 24.1 Å². The molecule has 0 atom stereocenters. The molecule has 0 aliphatic carbocycles. The summed E-state index contributed by atoms with van der Waals surface area (Å²) in [6.45, 7) is 0. The fourth-order valence-corrected chi connectivity index (χ4v) is 4.96. The highest BCUT2D eigenvalue weighted by Crippen LogP contribution is 2.34. The first-order valence-corrected chi connectivity index (χ1v) is 12.5. The molecule has 190 valence electrons. The summed E-state index contributed by atoms with van der Waals surface area (Å²) in [4.78, 5) is 14.2. The van der Waals surface area contributed by atoms with E-state index in [9.17, 15) is 5.26 Å². The molecule has 3 heterocycles. The average Bonchev–Trinajstić information content (AvgIpc) is 3.59. The predicted molar refractivity (Wildman–Crippen MR) is 149 cm³/mol. The van der Waals surface area contributed by atoms with Crippen molar-refractivity contribution in [3.8, 4) is 40.5 Å². The van der Waals surface area contributed by atoms with Gasteiger partial charge in [-0.1, -0.05) is 84.9 Å². The topological polar surface area (TPSA) is 72.3 Å². The van der Waals surface area contributed by atoms with E-state index in [4.69, 9.17) is 9.97 Å². The number of nitriles is 1. The fourth-order valence-electron chi connectivity index (χ4n) is 4.96. The Hall–Kier alpha value is -5.68. The molecule has 0 saturated carbocycles. The van der Waals surface area contributed by atoms with Crippen molar-refractivity contribution in [3.63, 3.8) is 0 Å². The Labute approximate surface area is 227 Å². The van der Waals surface area contributed by atoms with Crippen LogP contribution in [-0.2, 0) is 0 Å². The van der Waals surface area contributed by atoms with Gasteiger partial charge in [-0.05, 0) is 24.3 Å². The third-order valence-corrected chi connectivity index (χ3v) is 6.76. The lowest BCUT2D eigenvalue weighted by Crippen LogP contribution is -2.13. The van der Waals surface area contributed by atoms with E-state index >= 15 is 8.78 Å². The van der Waals surface area contributed by atoms with Gasteiger partial charge < -0.3 is 0 Å². The van der Waals surface area contributed by atoms with Crippen LogP contribution < -0.4 is 0 Å². The van der Waals surface area contributed by atoms with E-state index < -0.39 is 17.2 Å². The van der Waals surface area contributed by atoms with E-state index in [0.29, 0.717) is 39.3 Å². The first-order chi connectivity index (χ1) is 19.7. The molecular formula is C32H18F2N6. The molecule has 40 heavy (non-hydrogen) atoms. The standard InChI is InChI=1S/C32H18F2N6/c33-27-22(19-35)31(39-25-17-9-7-15-23(25)36-29(39)20-11-3-1-4-12-20)38-32(28(27)34)40-26-18-10-8-16-24(26)37-30(40)21-13-5-2-6-14-21/h1-18H. The van der Waals surface area contributed by atoms with Crippen molar-refractivity contribution in [2.75, 3.05) is 0 Å². The number of nitrogens with zero attached hydrogens (tertiary/aromatic N) is 6. The lowest BCUT2D eigenvalue weighted by molar-refractivity contribution is 0.496. The lowest BCUT2D eigenvalue weighted by Gasteiger charge is -2.16. The summed E-state index contributed by atoms with van der Waals surface area (Å²) in [5.41, 5.74) is 3.26. The number of para-hydroxylation sites is 4. The third kappa shape index (κ3) is 3.56. The second-order valence-corrected chi connectivity index (χ2v) is 9.12. The largest absolute Gasteiger partial charge is 0.275 e. The quantitative estimate of drug-likeness (QED) is 0.243. The minimum atomic E-state index is -1.30. The van der Waals surface area contributed by atoms with Crippen LogP contribution in [0, 0.1) is 23.0 Å². The fraction of sp³-hybridized carbons (Fsp3) is 0. The second-order valence-electron chi connectivity index (χ2n) is 9.12. The van der Waals surface area contributed by atoms with Gasteiger partial charge in [0.05, 0.1) is 22.1 Å². The summed E-state index contributed by atoms with van der Waals surface area (Å²) < 4.78 is 34.9. The van der Waals surface area contributed by atoms with Gasteiger partial charge in [0.1, 0.15) is 23.3 Å². The van der Waals surface area contributed by atoms with Crippen LogP contribution in [0.2, 0.25) is 0 Å². The molecule has 0 aliphatic rings. The number of halogens is 2. The first-order valence-electron chi connectivity index (χ1n) is 12.5. The zero-order valence-corrected chi connectivity index (χ0v) is 20.8. The summed E-state index contributed by atoms with van der Waals surface area (Å²) in [6.07, 6.45) is 0. The summed E-state index contributed by atoms with van der Waals surface area (Å²) in [5.74, 6) is -2.08. The van der Waals surface area contributed by atoms with Crippen LogP contribution in [0.1, 0.15) is 5.56 Å². The van der Waals surface area contributed by atoms with Crippen molar-refractivity contribution in [2.24, 2.45) is 0 Å². The van der Waals surface area contributed by atoms with Crippen LogP contribution in [0.25, 0.3) is 56.5 Å². The molecule has 0 saturated heterocycles. The smallest absolute Gasteiger partial charge is 0.203 e. The maximum absolute atomic E-state index is 15.9. The third-order valence-electron chi connectivity index (χ3n) is 6.76. The number of fused-ring (bicyclic) bond motifs is 2. The molecule has 7 aromatic rings. The molecule has 0 fully saturated rings. The Morgan fingerprint density at radius 2 is 0.975 bits per heavy atom. The van der Waals surface area contributed by atoms with Crippen molar-refractivity contribution in [2.45, 2.75) is 0 Å². The second kappa shape index (κ2) is 9.26.